The van der Waals surface area contributed by atoms with E-state index in [1.165, 1.54) is 19.3 Å². The van der Waals surface area contributed by atoms with Crippen LogP contribution in [0.4, 0.5) is 0 Å². The Morgan fingerprint density at radius 2 is 2.22 bits per heavy atom. The lowest BCUT2D eigenvalue weighted by Gasteiger charge is -2.40. The molecule has 0 spiro atoms. The zero-order valence-corrected chi connectivity index (χ0v) is 11.7. The molecule has 5 heteroatoms. The summed E-state index contributed by atoms with van der Waals surface area (Å²) in [6.45, 7) is 8.16. The van der Waals surface area contributed by atoms with Gasteiger partial charge in [-0.25, -0.2) is 9.67 Å². The fourth-order valence-corrected chi connectivity index (χ4v) is 2.86. The fourth-order valence-electron chi connectivity index (χ4n) is 2.86. The smallest absolute Gasteiger partial charge is 0.141 e. The molecule has 2 heterocycles. The Balaban J connectivity index is 2.12. The molecule has 2 unspecified atom stereocenters. The molecule has 1 aliphatic rings. The Bertz CT molecular complexity index is 373. The molecule has 2 atom stereocenters. The van der Waals surface area contributed by atoms with Crippen LogP contribution in [-0.2, 0) is 6.54 Å². The number of nitrogens with zero attached hydrogens (tertiary/aromatic N) is 4. The van der Waals surface area contributed by atoms with Gasteiger partial charge >= 0.3 is 0 Å². The van der Waals surface area contributed by atoms with Crippen molar-refractivity contribution in [2.24, 2.45) is 5.73 Å². The molecule has 0 bridgehead atoms. The van der Waals surface area contributed by atoms with Crippen molar-refractivity contribution in [3.8, 4) is 0 Å². The van der Waals surface area contributed by atoms with Crippen LogP contribution in [0.2, 0.25) is 0 Å². The summed E-state index contributed by atoms with van der Waals surface area (Å²) in [6.07, 6.45) is 5.40. The van der Waals surface area contributed by atoms with Crippen molar-refractivity contribution in [3.63, 3.8) is 0 Å². The van der Waals surface area contributed by atoms with Crippen LogP contribution in [-0.4, -0.2) is 38.3 Å². The lowest BCUT2D eigenvalue weighted by molar-refractivity contribution is 0.0841. The van der Waals surface area contributed by atoms with Gasteiger partial charge in [-0.1, -0.05) is 6.42 Å². The Morgan fingerprint density at radius 3 is 2.89 bits per heavy atom. The van der Waals surface area contributed by atoms with Gasteiger partial charge in [0.15, 0.2) is 0 Å². The van der Waals surface area contributed by atoms with Gasteiger partial charge in [-0.2, -0.15) is 5.10 Å². The van der Waals surface area contributed by atoms with Crippen molar-refractivity contribution in [1.82, 2.24) is 19.7 Å². The van der Waals surface area contributed by atoms with Gasteiger partial charge in [-0.05, 0) is 33.6 Å². The summed E-state index contributed by atoms with van der Waals surface area (Å²) in [4.78, 5) is 6.90. The third-order valence-corrected chi connectivity index (χ3v) is 3.93. The average molecular weight is 251 g/mol. The van der Waals surface area contributed by atoms with Gasteiger partial charge in [0.1, 0.15) is 12.2 Å². The molecule has 1 saturated heterocycles. The van der Waals surface area contributed by atoms with Crippen LogP contribution in [0.1, 0.15) is 51.9 Å². The lowest BCUT2D eigenvalue weighted by atomic mass is 9.96. The molecule has 0 saturated carbocycles. The van der Waals surface area contributed by atoms with Gasteiger partial charge in [0.05, 0.1) is 6.54 Å². The van der Waals surface area contributed by atoms with Crippen LogP contribution in [0.15, 0.2) is 6.33 Å². The zero-order valence-electron chi connectivity index (χ0n) is 11.7. The molecule has 2 N–H and O–H groups in total. The maximum absolute atomic E-state index is 5.90. The molecule has 1 fully saturated rings. The van der Waals surface area contributed by atoms with E-state index in [9.17, 15) is 0 Å². The molecule has 1 aliphatic heterocycles. The fraction of sp³-hybridized carbons (Fsp3) is 0.846. The van der Waals surface area contributed by atoms with Crippen molar-refractivity contribution < 1.29 is 0 Å². The summed E-state index contributed by atoms with van der Waals surface area (Å²) in [5.41, 5.74) is 5.90. The highest BCUT2D eigenvalue weighted by Gasteiger charge is 2.28. The van der Waals surface area contributed by atoms with Gasteiger partial charge in [-0.15, -0.1) is 0 Å². The number of likely N-dealkylation sites (tertiary alicyclic amines) is 1. The Hall–Kier alpha value is -0.940. The van der Waals surface area contributed by atoms with Gasteiger partial charge < -0.3 is 5.73 Å². The molecular weight excluding hydrogens is 226 g/mol. The minimum absolute atomic E-state index is 0.360. The third-order valence-electron chi connectivity index (χ3n) is 3.93. The van der Waals surface area contributed by atoms with E-state index >= 15 is 0 Å². The van der Waals surface area contributed by atoms with E-state index in [-0.39, 0.29) is 0 Å². The van der Waals surface area contributed by atoms with Gasteiger partial charge in [0.25, 0.3) is 0 Å². The number of nitrogens with two attached hydrogens (primary N) is 1. The van der Waals surface area contributed by atoms with Crippen molar-refractivity contribution in [3.05, 3.63) is 12.2 Å². The van der Waals surface area contributed by atoms with E-state index in [2.05, 4.69) is 35.8 Å². The van der Waals surface area contributed by atoms with Crippen LogP contribution in [0.25, 0.3) is 0 Å². The van der Waals surface area contributed by atoms with E-state index in [0.29, 0.717) is 18.1 Å². The second kappa shape index (κ2) is 5.80. The summed E-state index contributed by atoms with van der Waals surface area (Å²) in [7, 11) is 0. The predicted octanol–water partition coefficient (Wildman–Crippen LogP) is 1.56. The normalized spacial score (nSPS) is 25.8. The SMILES string of the molecule is CC1CCCC(CN)N1Cc1ncnn1C(C)C. The highest BCUT2D eigenvalue weighted by atomic mass is 15.4. The van der Waals surface area contributed by atoms with Gasteiger partial charge in [0, 0.05) is 24.7 Å². The van der Waals surface area contributed by atoms with Crippen molar-refractivity contribution in [2.45, 2.75) is 64.7 Å². The minimum Gasteiger partial charge on any atom is -0.329 e. The standard InChI is InChI=1S/C13H25N5/c1-10(2)18-13(15-9-16-18)8-17-11(3)5-4-6-12(17)7-14/h9-12H,4-8,14H2,1-3H3. The largest absolute Gasteiger partial charge is 0.329 e. The number of hydrogen-bond donors (Lipinski definition) is 1. The molecule has 0 aromatic carbocycles. The highest BCUT2D eigenvalue weighted by molar-refractivity contribution is 4.91. The minimum atomic E-state index is 0.360. The van der Waals surface area contributed by atoms with Crippen LogP contribution in [0, 0.1) is 0 Å². The number of hydrogen-bond acceptors (Lipinski definition) is 4. The summed E-state index contributed by atoms with van der Waals surface area (Å²) in [5, 5.41) is 4.30. The maximum Gasteiger partial charge on any atom is 0.141 e. The average Bonchev–Trinajstić information content (AvgIpc) is 2.80. The number of piperidine rings is 1. The maximum atomic E-state index is 5.90. The summed E-state index contributed by atoms with van der Waals surface area (Å²) >= 11 is 0. The Labute approximate surface area is 109 Å². The molecule has 0 aliphatic carbocycles. The first-order valence-electron chi connectivity index (χ1n) is 6.97. The van der Waals surface area contributed by atoms with E-state index in [4.69, 9.17) is 5.73 Å². The molecular formula is C13H25N5. The van der Waals surface area contributed by atoms with E-state index < -0.39 is 0 Å². The number of rotatable bonds is 4. The van der Waals surface area contributed by atoms with Gasteiger partial charge in [0.2, 0.25) is 0 Å². The first kappa shape index (κ1) is 13.5. The third kappa shape index (κ3) is 2.72. The molecule has 1 aromatic heterocycles. The van der Waals surface area contributed by atoms with Crippen LogP contribution in [0.5, 0.6) is 0 Å². The van der Waals surface area contributed by atoms with Crippen molar-refractivity contribution >= 4 is 0 Å². The zero-order chi connectivity index (χ0) is 13.1. The molecule has 1 aromatic rings. The molecule has 5 nitrogen and oxygen atoms in total. The van der Waals surface area contributed by atoms with E-state index in [1.807, 2.05) is 4.68 Å². The summed E-state index contributed by atoms with van der Waals surface area (Å²) in [6, 6.07) is 1.44. The van der Waals surface area contributed by atoms with Crippen LogP contribution in [0.3, 0.4) is 0 Å². The molecule has 0 radical (unpaired) electrons. The van der Waals surface area contributed by atoms with Crippen molar-refractivity contribution in [1.29, 1.82) is 0 Å². The molecule has 2 rings (SSSR count). The Morgan fingerprint density at radius 1 is 1.44 bits per heavy atom. The summed E-state index contributed by atoms with van der Waals surface area (Å²) in [5.74, 6) is 1.05. The van der Waals surface area contributed by atoms with E-state index in [0.717, 1.165) is 18.9 Å². The Kier molecular flexibility index (Phi) is 4.35. The highest BCUT2D eigenvalue weighted by Crippen LogP contribution is 2.24. The predicted molar refractivity (Wildman–Crippen MR) is 72.1 cm³/mol. The first-order valence-corrected chi connectivity index (χ1v) is 6.97. The number of aromatic nitrogens is 3. The first-order chi connectivity index (χ1) is 8.63. The second-order valence-corrected chi connectivity index (χ2v) is 5.56. The second-order valence-electron chi connectivity index (χ2n) is 5.56. The van der Waals surface area contributed by atoms with Crippen molar-refractivity contribution in [2.75, 3.05) is 6.54 Å². The van der Waals surface area contributed by atoms with E-state index in [1.54, 1.807) is 6.33 Å². The van der Waals surface area contributed by atoms with Crippen LogP contribution < -0.4 is 5.73 Å². The summed E-state index contributed by atoms with van der Waals surface area (Å²) < 4.78 is 2.01. The quantitative estimate of drug-likeness (QED) is 0.882. The topological polar surface area (TPSA) is 60.0 Å². The van der Waals surface area contributed by atoms with Gasteiger partial charge in [-0.3, -0.25) is 4.90 Å². The monoisotopic (exact) mass is 251 g/mol. The molecule has 18 heavy (non-hydrogen) atoms. The van der Waals surface area contributed by atoms with Crippen LogP contribution >= 0.6 is 0 Å². The lowest BCUT2D eigenvalue weighted by Crippen LogP contribution is -2.48. The molecule has 0 amide bonds. The molecule has 102 valence electrons.